The molecule has 0 bridgehead atoms. The minimum absolute atomic E-state index is 0.400. The first-order valence-corrected chi connectivity index (χ1v) is 9.05. The summed E-state index contributed by atoms with van der Waals surface area (Å²) in [7, 11) is 0. The Kier molecular flexibility index (Phi) is 6.48. The van der Waals surface area contributed by atoms with E-state index in [4.69, 9.17) is 0 Å². The lowest BCUT2D eigenvalue weighted by Crippen LogP contribution is -2.32. The standard InChI is InChI=1S/C21H27N3O/c25-18(14-22-13-7-6-10-17-8-2-1-3-9-17)15-23-21-16-24-20-12-5-4-11-19(20)21/h1-5,8-9,11-12,16,18,22-25H,6-7,10,13-15H2. The van der Waals surface area contributed by atoms with Crippen molar-refractivity contribution in [2.24, 2.45) is 0 Å². The number of aliphatic hydroxyl groups excluding tert-OH is 1. The lowest BCUT2D eigenvalue weighted by atomic mass is 10.1. The topological polar surface area (TPSA) is 60.1 Å². The van der Waals surface area contributed by atoms with E-state index in [1.165, 1.54) is 12.0 Å². The Hall–Kier alpha value is -2.30. The lowest BCUT2D eigenvalue weighted by molar-refractivity contribution is 0.184. The largest absolute Gasteiger partial charge is 0.390 e. The van der Waals surface area contributed by atoms with Crippen LogP contribution in [-0.2, 0) is 6.42 Å². The Morgan fingerprint density at radius 2 is 1.72 bits per heavy atom. The van der Waals surface area contributed by atoms with Crippen molar-refractivity contribution >= 4 is 16.6 Å². The van der Waals surface area contributed by atoms with Crippen LogP contribution in [-0.4, -0.2) is 35.8 Å². The molecule has 0 aliphatic heterocycles. The Morgan fingerprint density at radius 1 is 0.920 bits per heavy atom. The first-order chi connectivity index (χ1) is 12.3. The average molecular weight is 337 g/mol. The number of nitrogens with one attached hydrogen (secondary N) is 3. The minimum atomic E-state index is -0.400. The number of aromatic amines is 1. The molecule has 0 saturated heterocycles. The summed E-state index contributed by atoms with van der Waals surface area (Å²) in [6.45, 7) is 2.09. The molecule has 1 heterocycles. The molecular weight excluding hydrogens is 310 g/mol. The van der Waals surface area contributed by atoms with Crippen LogP contribution in [0.3, 0.4) is 0 Å². The number of hydrogen-bond acceptors (Lipinski definition) is 3. The van der Waals surface area contributed by atoms with E-state index in [2.05, 4.69) is 52.0 Å². The van der Waals surface area contributed by atoms with Crippen molar-refractivity contribution in [3.05, 3.63) is 66.4 Å². The highest BCUT2D eigenvalue weighted by Crippen LogP contribution is 2.22. The summed E-state index contributed by atoms with van der Waals surface area (Å²) >= 11 is 0. The van der Waals surface area contributed by atoms with Gasteiger partial charge in [0.2, 0.25) is 0 Å². The maximum Gasteiger partial charge on any atom is 0.0836 e. The Balaban J connectivity index is 1.29. The number of hydrogen-bond donors (Lipinski definition) is 4. The van der Waals surface area contributed by atoms with Gasteiger partial charge in [-0.15, -0.1) is 0 Å². The third-order valence-corrected chi connectivity index (χ3v) is 4.41. The van der Waals surface area contributed by atoms with Gasteiger partial charge >= 0.3 is 0 Å². The highest BCUT2D eigenvalue weighted by atomic mass is 16.3. The second-order valence-electron chi connectivity index (χ2n) is 6.43. The van der Waals surface area contributed by atoms with Crippen LogP contribution in [0.15, 0.2) is 60.8 Å². The molecule has 0 saturated carbocycles. The van der Waals surface area contributed by atoms with Crippen LogP contribution in [0.2, 0.25) is 0 Å². The van der Waals surface area contributed by atoms with Gasteiger partial charge in [0.25, 0.3) is 0 Å². The van der Waals surface area contributed by atoms with Crippen molar-refractivity contribution in [1.82, 2.24) is 10.3 Å². The molecule has 0 amide bonds. The van der Waals surface area contributed by atoms with Crippen molar-refractivity contribution < 1.29 is 5.11 Å². The smallest absolute Gasteiger partial charge is 0.0836 e. The number of aryl methyl sites for hydroxylation is 1. The third-order valence-electron chi connectivity index (χ3n) is 4.41. The van der Waals surface area contributed by atoms with Gasteiger partial charge in [-0.25, -0.2) is 0 Å². The number of H-pyrrole nitrogens is 1. The van der Waals surface area contributed by atoms with Gasteiger partial charge in [0, 0.05) is 30.2 Å². The molecular formula is C21H27N3O. The molecule has 0 aliphatic carbocycles. The van der Waals surface area contributed by atoms with Gasteiger partial charge in [0.15, 0.2) is 0 Å². The van der Waals surface area contributed by atoms with E-state index >= 15 is 0 Å². The molecule has 0 fully saturated rings. The second-order valence-corrected chi connectivity index (χ2v) is 6.43. The molecule has 1 unspecified atom stereocenters. The van der Waals surface area contributed by atoms with Crippen LogP contribution in [0, 0.1) is 0 Å². The third kappa shape index (κ3) is 5.34. The molecule has 132 valence electrons. The fraction of sp³-hybridized carbons (Fsp3) is 0.333. The molecule has 0 spiro atoms. The van der Waals surface area contributed by atoms with E-state index in [0.29, 0.717) is 13.1 Å². The number of fused-ring (bicyclic) bond motifs is 1. The van der Waals surface area contributed by atoms with E-state index in [-0.39, 0.29) is 0 Å². The number of rotatable bonds is 10. The van der Waals surface area contributed by atoms with E-state index in [1.54, 1.807) is 0 Å². The van der Waals surface area contributed by atoms with Crippen LogP contribution in [0.5, 0.6) is 0 Å². The molecule has 0 radical (unpaired) electrons. The maximum absolute atomic E-state index is 10.1. The number of anilines is 1. The van der Waals surface area contributed by atoms with Crippen LogP contribution >= 0.6 is 0 Å². The van der Waals surface area contributed by atoms with E-state index in [0.717, 1.165) is 36.0 Å². The van der Waals surface area contributed by atoms with Gasteiger partial charge in [0.05, 0.1) is 11.8 Å². The Morgan fingerprint density at radius 3 is 2.60 bits per heavy atom. The summed E-state index contributed by atoms with van der Waals surface area (Å²) in [4.78, 5) is 3.23. The van der Waals surface area contributed by atoms with E-state index in [9.17, 15) is 5.11 Å². The lowest BCUT2D eigenvalue weighted by Gasteiger charge is -2.13. The number of unbranched alkanes of at least 4 members (excludes halogenated alkanes) is 1. The SMILES string of the molecule is OC(CNCCCCc1ccccc1)CNc1c[nH]c2ccccc12. The molecule has 3 rings (SSSR count). The number of para-hydroxylation sites is 1. The zero-order valence-corrected chi connectivity index (χ0v) is 14.5. The second kappa shape index (κ2) is 9.25. The number of benzene rings is 2. The molecule has 0 aliphatic rings. The average Bonchev–Trinajstić information content (AvgIpc) is 3.07. The fourth-order valence-corrected chi connectivity index (χ4v) is 3.01. The van der Waals surface area contributed by atoms with Crippen LogP contribution in [0.4, 0.5) is 5.69 Å². The molecule has 3 aromatic rings. The number of aliphatic hydroxyl groups is 1. The van der Waals surface area contributed by atoms with Gasteiger partial charge in [-0.05, 0) is 37.4 Å². The summed E-state index contributed by atoms with van der Waals surface area (Å²) in [5.41, 5.74) is 3.54. The van der Waals surface area contributed by atoms with Crippen molar-refractivity contribution in [2.75, 3.05) is 25.0 Å². The van der Waals surface area contributed by atoms with Crippen molar-refractivity contribution in [2.45, 2.75) is 25.4 Å². The first kappa shape index (κ1) is 17.5. The minimum Gasteiger partial charge on any atom is -0.390 e. The Labute approximate surface area is 149 Å². The van der Waals surface area contributed by atoms with Gasteiger partial charge < -0.3 is 20.7 Å². The molecule has 4 nitrogen and oxygen atoms in total. The summed E-state index contributed by atoms with van der Waals surface area (Å²) in [6.07, 6.45) is 4.96. The molecule has 25 heavy (non-hydrogen) atoms. The van der Waals surface area contributed by atoms with Crippen LogP contribution in [0.25, 0.3) is 10.9 Å². The van der Waals surface area contributed by atoms with Crippen LogP contribution < -0.4 is 10.6 Å². The monoisotopic (exact) mass is 337 g/mol. The molecule has 4 heteroatoms. The summed E-state index contributed by atoms with van der Waals surface area (Å²) in [5.74, 6) is 0. The zero-order valence-electron chi connectivity index (χ0n) is 14.5. The normalized spacial score (nSPS) is 12.4. The first-order valence-electron chi connectivity index (χ1n) is 9.05. The maximum atomic E-state index is 10.1. The predicted octanol–water partition coefficient (Wildman–Crippen LogP) is 3.55. The fourth-order valence-electron chi connectivity index (χ4n) is 3.01. The molecule has 1 aromatic heterocycles. The van der Waals surface area contributed by atoms with Crippen molar-refractivity contribution in [3.63, 3.8) is 0 Å². The highest BCUT2D eigenvalue weighted by Gasteiger charge is 2.06. The predicted molar refractivity (Wildman–Crippen MR) is 105 cm³/mol. The molecule has 1 atom stereocenters. The molecule has 2 aromatic carbocycles. The number of aromatic nitrogens is 1. The van der Waals surface area contributed by atoms with Gasteiger partial charge in [-0.1, -0.05) is 48.5 Å². The van der Waals surface area contributed by atoms with Crippen molar-refractivity contribution in [3.8, 4) is 0 Å². The highest BCUT2D eigenvalue weighted by molar-refractivity contribution is 5.92. The summed E-state index contributed by atoms with van der Waals surface area (Å²) in [6, 6.07) is 18.7. The van der Waals surface area contributed by atoms with E-state index in [1.807, 2.05) is 24.4 Å². The summed E-state index contributed by atoms with van der Waals surface area (Å²) in [5, 5.41) is 17.9. The van der Waals surface area contributed by atoms with Crippen molar-refractivity contribution in [1.29, 1.82) is 0 Å². The Bertz CT molecular complexity index is 754. The van der Waals surface area contributed by atoms with Gasteiger partial charge in [-0.3, -0.25) is 0 Å². The van der Waals surface area contributed by atoms with Crippen LogP contribution in [0.1, 0.15) is 18.4 Å². The van der Waals surface area contributed by atoms with E-state index < -0.39 is 6.10 Å². The summed E-state index contributed by atoms with van der Waals surface area (Å²) < 4.78 is 0. The van der Waals surface area contributed by atoms with Gasteiger partial charge in [-0.2, -0.15) is 0 Å². The zero-order chi connectivity index (χ0) is 17.3. The quantitative estimate of drug-likeness (QED) is 0.428. The van der Waals surface area contributed by atoms with Gasteiger partial charge in [0.1, 0.15) is 0 Å². The molecule has 4 N–H and O–H groups in total.